The van der Waals surface area contributed by atoms with Crippen molar-refractivity contribution in [1.82, 2.24) is 14.9 Å². The Morgan fingerprint density at radius 3 is 2.45 bits per heavy atom. The van der Waals surface area contributed by atoms with E-state index >= 15 is 0 Å². The highest BCUT2D eigenvalue weighted by Gasteiger charge is 2.12. The molecule has 0 saturated heterocycles. The lowest BCUT2D eigenvalue weighted by molar-refractivity contribution is -0.121. The molecule has 0 aliphatic rings. The van der Waals surface area contributed by atoms with Gasteiger partial charge in [0.2, 0.25) is 5.91 Å². The van der Waals surface area contributed by atoms with E-state index in [0.717, 1.165) is 38.6 Å². The number of ether oxygens (including phenoxy) is 2. The second-order valence-electron chi connectivity index (χ2n) is 7.01. The zero-order valence-electron chi connectivity index (χ0n) is 17.5. The van der Waals surface area contributed by atoms with Crippen molar-refractivity contribution in [3.63, 3.8) is 0 Å². The van der Waals surface area contributed by atoms with Gasteiger partial charge in [-0.2, -0.15) is 0 Å². The molecular weight excluding hydrogens is 374 g/mol. The van der Waals surface area contributed by atoms with Crippen LogP contribution in [0.25, 0.3) is 10.9 Å². The van der Waals surface area contributed by atoms with Gasteiger partial charge in [0.25, 0.3) is 5.56 Å². The van der Waals surface area contributed by atoms with Crippen LogP contribution >= 0.6 is 0 Å². The zero-order chi connectivity index (χ0) is 21.2. The number of rotatable bonds is 12. The third-order valence-corrected chi connectivity index (χ3v) is 4.87. The predicted molar refractivity (Wildman–Crippen MR) is 113 cm³/mol. The average Bonchev–Trinajstić information content (AvgIpc) is 2.72. The number of H-pyrrole nitrogens is 1. The number of nitrogens with zero attached hydrogens (tertiary/aromatic N) is 1. The van der Waals surface area contributed by atoms with E-state index in [1.54, 1.807) is 12.1 Å². The summed E-state index contributed by atoms with van der Waals surface area (Å²) in [5.41, 5.74) is -0.407. The lowest BCUT2D eigenvalue weighted by atomic mass is 10.1. The van der Waals surface area contributed by atoms with E-state index in [4.69, 9.17) is 9.47 Å². The normalized spacial score (nSPS) is 10.9. The van der Waals surface area contributed by atoms with Crippen LogP contribution in [0.3, 0.4) is 0 Å². The number of fused-ring (bicyclic) bond motifs is 1. The van der Waals surface area contributed by atoms with Gasteiger partial charge in [-0.25, -0.2) is 4.79 Å². The van der Waals surface area contributed by atoms with E-state index in [-0.39, 0.29) is 11.5 Å². The number of methoxy groups -OCH3 is 2. The quantitative estimate of drug-likeness (QED) is 0.529. The maximum atomic E-state index is 12.7. The monoisotopic (exact) mass is 405 g/mol. The van der Waals surface area contributed by atoms with Gasteiger partial charge < -0.3 is 19.8 Å². The smallest absolute Gasteiger partial charge is 0.328 e. The van der Waals surface area contributed by atoms with Crippen LogP contribution in [-0.2, 0) is 11.3 Å². The summed E-state index contributed by atoms with van der Waals surface area (Å²) in [5.74, 6) is 0.935. The van der Waals surface area contributed by atoms with E-state index < -0.39 is 5.69 Å². The number of hydrogen-bond donors (Lipinski definition) is 2. The first-order chi connectivity index (χ1) is 14.0. The summed E-state index contributed by atoms with van der Waals surface area (Å²) in [6, 6.07) is 3.16. The molecule has 0 atom stereocenters. The van der Waals surface area contributed by atoms with Gasteiger partial charge in [-0.15, -0.1) is 0 Å². The SMILES string of the molecule is CCCCCNC(=O)CCCCCn1c(=O)[nH]c2cc(OC)c(OC)cc2c1=O. The zero-order valence-corrected chi connectivity index (χ0v) is 17.5. The highest BCUT2D eigenvalue weighted by atomic mass is 16.5. The third-order valence-electron chi connectivity index (χ3n) is 4.87. The Bertz CT molecular complexity index is 932. The van der Waals surface area contributed by atoms with Crippen molar-refractivity contribution < 1.29 is 14.3 Å². The fourth-order valence-corrected chi connectivity index (χ4v) is 3.21. The molecule has 29 heavy (non-hydrogen) atoms. The van der Waals surface area contributed by atoms with E-state index in [1.165, 1.54) is 18.8 Å². The fourth-order valence-electron chi connectivity index (χ4n) is 3.21. The molecule has 2 N–H and O–H groups in total. The van der Waals surface area contributed by atoms with Crippen LogP contribution in [0.2, 0.25) is 0 Å². The molecule has 0 saturated carbocycles. The van der Waals surface area contributed by atoms with Crippen LogP contribution in [0.4, 0.5) is 0 Å². The van der Waals surface area contributed by atoms with Gasteiger partial charge >= 0.3 is 5.69 Å². The maximum Gasteiger partial charge on any atom is 0.328 e. The summed E-state index contributed by atoms with van der Waals surface area (Å²) < 4.78 is 11.7. The number of nitrogens with one attached hydrogen (secondary N) is 2. The number of amides is 1. The number of benzene rings is 1. The van der Waals surface area contributed by atoms with Gasteiger partial charge in [0.1, 0.15) is 0 Å². The molecule has 0 radical (unpaired) electrons. The third kappa shape index (κ3) is 6.10. The number of hydrogen-bond acceptors (Lipinski definition) is 5. The molecule has 0 aliphatic carbocycles. The Balaban J connectivity index is 1.94. The summed E-state index contributed by atoms with van der Waals surface area (Å²) in [7, 11) is 2.99. The number of unbranched alkanes of at least 4 members (excludes halogenated alkanes) is 4. The molecule has 0 bridgehead atoms. The van der Waals surface area contributed by atoms with Crippen LogP contribution in [0.15, 0.2) is 21.7 Å². The molecule has 0 aliphatic heterocycles. The van der Waals surface area contributed by atoms with Crippen molar-refractivity contribution in [3.05, 3.63) is 33.0 Å². The molecule has 0 spiro atoms. The number of carbonyl (C=O) groups is 1. The second-order valence-corrected chi connectivity index (χ2v) is 7.01. The number of carbonyl (C=O) groups excluding carboxylic acids is 1. The Kier molecular flexibility index (Phi) is 8.76. The molecule has 1 aromatic heterocycles. The minimum Gasteiger partial charge on any atom is -0.493 e. The van der Waals surface area contributed by atoms with E-state index in [1.807, 2.05) is 0 Å². The molecule has 8 nitrogen and oxygen atoms in total. The standard InChI is InChI=1S/C21H31N3O5/c1-4-5-8-11-22-19(25)10-7-6-9-12-24-20(26)15-13-17(28-2)18(29-3)14-16(15)23-21(24)27/h13-14H,4-12H2,1-3H3,(H,22,25)(H,23,27). The first kappa shape index (κ1) is 22.5. The Morgan fingerprint density at radius 1 is 1.03 bits per heavy atom. The average molecular weight is 405 g/mol. The molecule has 1 aromatic carbocycles. The van der Waals surface area contributed by atoms with Crippen LogP contribution in [0.5, 0.6) is 11.5 Å². The van der Waals surface area contributed by atoms with Crippen molar-refractivity contribution in [1.29, 1.82) is 0 Å². The van der Waals surface area contributed by atoms with E-state index in [2.05, 4.69) is 17.2 Å². The van der Waals surface area contributed by atoms with Gasteiger partial charge in [0.15, 0.2) is 11.5 Å². The van der Waals surface area contributed by atoms with Crippen LogP contribution in [-0.4, -0.2) is 36.2 Å². The van der Waals surface area contributed by atoms with Crippen molar-refractivity contribution in [2.45, 2.75) is 58.4 Å². The molecule has 0 unspecified atom stereocenters. The predicted octanol–water partition coefficient (Wildman–Crippen LogP) is 2.57. The van der Waals surface area contributed by atoms with Crippen molar-refractivity contribution in [2.75, 3.05) is 20.8 Å². The highest BCUT2D eigenvalue weighted by Crippen LogP contribution is 2.29. The molecule has 2 rings (SSSR count). The van der Waals surface area contributed by atoms with Crippen LogP contribution in [0, 0.1) is 0 Å². The minimum atomic E-state index is -0.455. The van der Waals surface area contributed by atoms with E-state index in [0.29, 0.717) is 41.8 Å². The number of aromatic amines is 1. The van der Waals surface area contributed by atoms with Gasteiger partial charge in [0, 0.05) is 25.6 Å². The molecule has 8 heteroatoms. The minimum absolute atomic E-state index is 0.0582. The largest absolute Gasteiger partial charge is 0.493 e. The van der Waals surface area contributed by atoms with Gasteiger partial charge in [-0.3, -0.25) is 14.2 Å². The highest BCUT2D eigenvalue weighted by molar-refractivity contribution is 5.81. The maximum absolute atomic E-state index is 12.7. The molecule has 1 heterocycles. The lowest BCUT2D eigenvalue weighted by Gasteiger charge is -2.10. The molecular formula is C21H31N3O5. The van der Waals surface area contributed by atoms with Gasteiger partial charge in [-0.1, -0.05) is 26.2 Å². The van der Waals surface area contributed by atoms with Crippen LogP contribution in [0.1, 0.15) is 51.9 Å². The number of aromatic nitrogens is 2. The van der Waals surface area contributed by atoms with E-state index in [9.17, 15) is 14.4 Å². The summed E-state index contributed by atoms with van der Waals surface area (Å²) in [6.45, 7) is 3.15. The Labute approximate surface area is 170 Å². The van der Waals surface area contributed by atoms with Gasteiger partial charge in [0.05, 0.1) is 25.1 Å². The first-order valence-electron chi connectivity index (χ1n) is 10.2. The second kappa shape index (κ2) is 11.3. The topological polar surface area (TPSA) is 102 Å². The Morgan fingerprint density at radius 2 is 1.76 bits per heavy atom. The first-order valence-corrected chi connectivity index (χ1v) is 10.2. The summed E-state index contributed by atoms with van der Waals surface area (Å²) in [5, 5.41) is 3.28. The fraction of sp³-hybridized carbons (Fsp3) is 0.571. The van der Waals surface area contributed by atoms with Crippen molar-refractivity contribution >= 4 is 16.8 Å². The molecule has 0 fully saturated rings. The van der Waals surface area contributed by atoms with Crippen molar-refractivity contribution in [3.8, 4) is 11.5 Å². The Hall–Kier alpha value is -2.77. The van der Waals surface area contributed by atoms with Crippen LogP contribution < -0.4 is 26.0 Å². The molecule has 1 amide bonds. The molecule has 160 valence electrons. The summed E-state index contributed by atoms with van der Waals surface area (Å²) in [4.78, 5) is 39.6. The summed E-state index contributed by atoms with van der Waals surface area (Å²) in [6.07, 6.45) is 5.85. The lowest BCUT2D eigenvalue weighted by Crippen LogP contribution is -2.35. The van der Waals surface area contributed by atoms with Crippen molar-refractivity contribution in [2.24, 2.45) is 0 Å². The summed E-state index contributed by atoms with van der Waals surface area (Å²) >= 11 is 0. The van der Waals surface area contributed by atoms with Gasteiger partial charge in [-0.05, 0) is 25.3 Å². The molecule has 2 aromatic rings.